The smallest absolute Gasteiger partial charge is 0.126 e. The highest BCUT2D eigenvalue weighted by Gasteiger charge is 2.05. The Kier molecular flexibility index (Phi) is 7.06. The summed E-state index contributed by atoms with van der Waals surface area (Å²) in [7, 11) is 0. The Bertz CT molecular complexity index is 850. The van der Waals surface area contributed by atoms with Crippen molar-refractivity contribution in [3.8, 4) is 11.1 Å². The number of unbranched alkanes of at least 4 members (excludes halogenated alkanes) is 2. The fourth-order valence-electron chi connectivity index (χ4n) is 3.31. The Balaban J connectivity index is 1.59. The summed E-state index contributed by atoms with van der Waals surface area (Å²) in [5, 5.41) is 0.744. The summed E-state index contributed by atoms with van der Waals surface area (Å²) in [6.07, 6.45) is 6.06. The number of halogens is 2. The highest BCUT2D eigenvalue weighted by molar-refractivity contribution is 6.30. The molecule has 0 spiro atoms. The highest BCUT2D eigenvalue weighted by atomic mass is 35.5. The molecular weight excluding hydrogens is 355 g/mol. The van der Waals surface area contributed by atoms with Crippen molar-refractivity contribution in [2.75, 3.05) is 0 Å². The molecule has 0 aliphatic carbocycles. The maximum atomic E-state index is 14.4. The van der Waals surface area contributed by atoms with Crippen LogP contribution in [-0.2, 0) is 19.3 Å². The van der Waals surface area contributed by atoms with Crippen molar-refractivity contribution in [2.24, 2.45) is 0 Å². The van der Waals surface area contributed by atoms with Crippen LogP contribution in [0.4, 0.5) is 4.39 Å². The fraction of sp³-hybridized carbons (Fsp3) is 0.280. The zero-order valence-electron chi connectivity index (χ0n) is 15.8. The lowest BCUT2D eigenvalue weighted by atomic mass is 9.99. The van der Waals surface area contributed by atoms with Gasteiger partial charge in [0.25, 0.3) is 0 Å². The van der Waals surface area contributed by atoms with E-state index in [1.807, 2.05) is 30.3 Å². The topological polar surface area (TPSA) is 0 Å². The summed E-state index contributed by atoms with van der Waals surface area (Å²) in [6, 6.07) is 22.1. The first-order valence-corrected chi connectivity index (χ1v) is 10.2. The van der Waals surface area contributed by atoms with Gasteiger partial charge in [0.15, 0.2) is 0 Å². The molecule has 0 atom stereocenters. The maximum absolute atomic E-state index is 14.4. The molecule has 0 nitrogen and oxygen atoms in total. The van der Waals surface area contributed by atoms with E-state index < -0.39 is 0 Å². The molecule has 0 heterocycles. The van der Waals surface area contributed by atoms with E-state index in [1.165, 1.54) is 18.4 Å². The highest BCUT2D eigenvalue weighted by Crippen LogP contribution is 2.22. The quantitative estimate of drug-likeness (QED) is 0.352. The van der Waals surface area contributed by atoms with Crippen molar-refractivity contribution in [3.05, 3.63) is 94.3 Å². The Labute approximate surface area is 167 Å². The SMILES string of the molecule is CCCCCc1ccc(CCc2ccc(-c3ccc(Cl)cc3)cc2)c(F)c1. The lowest BCUT2D eigenvalue weighted by Crippen LogP contribution is -1.97. The molecule has 3 aromatic rings. The predicted octanol–water partition coefficient (Wildman–Crippen LogP) is 7.66. The Hall–Kier alpha value is -2.12. The largest absolute Gasteiger partial charge is 0.207 e. The van der Waals surface area contributed by atoms with Gasteiger partial charge in [-0.05, 0) is 71.7 Å². The fourth-order valence-corrected chi connectivity index (χ4v) is 3.44. The molecule has 0 aromatic heterocycles. The summed E-state index contributed by atoms with van der Waals surface area (Å²) in [4.78, 5) is 0. The normalized spacial score (nSPS) is 10.9. The molecule has 0 N–H and O–H groups in total. The van der Waals surface area contributed by atoms with E-state index in [1.54, 1.807) is 6.07 Å². The monoisotopic (exact) mass is 380 g/mol. The van der Waals surface area contributed by atoms with Crippen LogP contribution >= 0.6 is 11.6 Å². The average molecular weight is 381 g/mol. The van der Waals surface area contributed by atoms with Crippen LogP contribution in [0.3, 0.4) is 0 Å². The van der Waals surface area contributed by atoms with E-state index in [4.69, 9.17) is 11.6 Å². The molecule has 0 aliphatic heterocycles. The molecule has 0 radical (unpaired) electrons. The summed E-state index contributed by atoms with van der Waals surface area (Å²) >= 11 is 5.95. The minimum Gasteiger partial charge on any atom is -0.207 e. The van der Waals surface area contributed by atoms with E-state index in [2.05, 4.69) is 37.3 Å². The molecule has 27 heavy (non-hydrogen) atoms. The van der Waals surface area contributed by atoms with E-state index in [0.29, 0.717) is 0 Å². The molecule has 3 aromatic carbocycles. The molecule has 0 saturated carbocycles. The lowest BCUT2D eigenvalue weighted by molar-refractivity contribution is 0.604. The van der Waals surface area contributed by atoms with Crippen molar-refractivity contribution in [1.82, 2.24) is 0 Å². The van der Waals surface area contributed by atoms with Gasteiger partial charge in [0.2, 0.25) is 0 Å². The van der Waals surface area contributed by atoms with Gasteiger partial charge >= 0.3 is 0 Å². The van der Waals surface area contributed by atoms with Crippen LogP contribution in [-0.4, -0.2) is 0 Å². The van der Waals surface area contributed by atoms with Gasteiger partial charge in [-0.15, -0.1) is 0 Å². The van der Waals surface area contributed by atoms with Crippen LogP contribution in [0.1, 0.15) is 42.9 Å². The van der Waals surface area contributed by atoms with Crippen molar-refractivity contribution >= 4 is 11.6 Å². The van der Waals surface area contributed by atoms with Gasteiger partial charge in [-0.1, -0.05) is 79.9 Å². The van der Waals surface area contributed by atoms with Gasteiger partial charge in [0.1, 0.15) is 5.82 Å². The van der Waals surface area contributed by atoms with Crippen molar-refractivity contribution < 1.29 is 4.39 Å². The maximum Gasteiger partial charge on any atom is 0.126 e. The molecule has 0 saturated heterocycles. The van der Waals surface area contributed by atoms with Crippen LogP contribution in [0.25, 0.3) is 11.1 Å². The number of rotatable bonds is 8. The third-order valence-electron chi connectivity index (χ3n) is 5.00. The molecule has 0 unspecified atom stereocenters. The summed E-state index contributed by atoms with van der Waals surface area (Å²) in [6.45, 7) is 2.19. The van der Waals surface area contributed by atoms with Gasteiger partial charge in [0, 0.05) is 5.02 Å². The van der Waals surface area contributed by atoms with E-state index in [0.717, 1.165) is 53.0 Å². The van der Waals surface area contributed by atoms with Crippen LogP contribution < -0.4 is 0 Å². The first-order chi connectivity index (χ1) is 13.2. The first-order valence-electron chi connectivity index (χ1n) is 9.78. The molecule has 0 aliphatic rings. The summed E-state index contributed by atoms with van der Waals surface area (Å²) in [5.74, 6) is -0.0678. The zero-order chi connectivity index (χ0) is 19.1. The number of benzene rings is 3. The van der Waals surface area contributed by atoms with Gasteiger partial charge < -0.3 is 0 Å². The van der Waals surface area contributed by atoms with Gasteiger partial charge in [0.05, 0.1) is 0 Å². The van der Waals surface area contributed by atoms with E-state index in [-0.39, 0.29) is 5.82 Å². The summed E-state index contributed by atoms with van der Waals surface area (Å²) in [5.41, 5.74) is 5.45. The minimum atomic E-state index is -0.0678. The molecule has 3 rings (SSSR count). The molecule has 0 bridgehead atoms. The van der Waals surface area contributed by atoms with Gasteiger partial charge in [-0.3, -0.25) is 0 Å². The molecule has 0 amide bonds. The van der Waals surface area contributed by atoms with Gasteiger partial charge in [-0.2, -0.15) is 0 Å². The lowest BCUT2D eigenvalue weighted by Gasteiger charge is -2.08. The molecule has 140 valence electrons. The third kappa shape index (κ3) is 5.68. The first kappa shape index (κ1) is 19.6. The van der Waals surface area contributed by atoms with Crippen molar-refractivity contribution in [2.45, 2.75) is 45.4 Å². The minimum absolute atomic E-state index is 0.0678. The van der Waals surface area contributed by atoms with Crippen LogP contribution in [0.15, 0.2) is 66.7 Å². The third-order valence-corrected chi connectivity index (χ3v) is 5.25. The van der Waals surface area contributed by atoms with Crippen molar-refractivity contribution in [1.29, 1.82) is 0 Å². The molecular formula is C25H26ClF. The van der Waals surface area contributed by atoms with Crippen molar-refractivity contribution in [3.63, 3.8) is 0 Å². The standard InChI is InChI=1S/C25H26ClF/c1-2-3-4-5-20-9-13-23(25(27)18-20)12-8-19-6-10-21(11-7-19)22-14-16-24(26)17-15-22/h6-7,9-11,13-18H,2-5,8,12H2,1H3. The van der Waals surface area contributed by atoms with E-state index in [9.17, 15) is 4.39 Å². The zero-order valence-corrected chi connectivity index (χ0v) is 16.6. The number of hydrogen-bond acceptors (Lipinski definition) is 0. The Morgan fingerprint density at radius 2 is 1.33 bits per heavy atom. The molecule has 2 heteroatoms. The van der Waals surface area contributed by atoms with Gasteiger partial charge in [-0.25, -0.2) is 4.39 Å². The second kappa shape index (κ2) is 9.71. The Morgan fingerprint density at radius 1 is 0.704 bits per heavy atom. The number of aryl methyl sites for hydroxylation is 3. The van der Waals surface area contributed by atoms with Crippen LogP contribution in [0, 0.1) is 5.82 Å². The second-order valence-electron chi connectivity index (χ2n) is 7.09. The van der Waals surface area contributed by atoms with Crippen LogP contribution in [0.5, 0.6) is 0 Å². The summed E-state index contributed by atoms with van der Waals surface area (Å²) < 4.78 is 14.4. The van der Waals surface area contributed by atoms with E-state index >= 15 is 0 Å². The van der Waals surface area contributed by atoms with Crippen LogP contribution in [0.2, 0.25) is 5.02 Å². The Morgan fingerprint density at radius 3 is 1.96 bits per heavy atom. The average Bonchev–Trinajstić information content (AvgIpc) is 2.69. The predicted molar refractivity (Wildman–Crippen MR) is 114 cm³/mol. The number of hydrogen-bond donors (Lipinski definition) is 0. The molecule has 0 fully saturated rings. The second-order valence-corrected chi connectivity index (χ2v) is 7.52.